The molecule has 0 spiro atoms. The van der Waals surface area contributed by atoms with Crippen molar-refractivity contribution in [3.63, 3.8) is 0 Å². The van der Waals surface area contributed by atoms with E-state index in [0.717, 1.165) is 18.8 Å². The predicted molar refractivity (Wildman–Crippen MR) is 106 cm³/mol. The van der Waals surface area contributed by atoms with Crippen LogP contribution in [0.1, 0.15) is 60.3 Å². The fraction of sp³-hybridized carbons (Fsp3) is 0.875. The SMILES string of the molecule is CCC(C)NC(=O)CCNC(=NC)NC(C)CCC(C)C.I. The Morgan fingerprint density at radius 3 is 2.18 bits per heavy atom. The lowest BCUT2D eigenvalue weighted by atomic mass is 10.0. The van der Waals surface area contributed by atoms with Crippen LogP contribution in [0.4, 0.5) is 0 Å². The zero-order valence-electron chi connectivity index (χ0n) is 15.0. The van der Waals surface area contributed by atoms with E-state index in [4.69, 9.17) is 0 Å². The number of guanidine groups is 1. The molecule has 0 fully saturated rings. The third-order valence-electron chi connectivity index (χ3n) is 3.45. The molecule has 132 valence electrons. The Kier molecular flexibility index (Phi) is 15.2. The lowest BCUT2D eigenvalue weighted by molar-refractivity contribution is -0.121. The van der Waals surface area contributed by atoms with Crippen LogP contribution < -0.4 is 16.0 Å². The summed E-state index contributed by atoms with van der Waals surface area (Å²) < 4.78 is 0. The van der Waals surface area contributed by atoms with Crippen molar-refractivity contribution < 1.29 is 4.79 Å². The Labute approximate surface area is 153 Å². The van der Waals surface area contributed by atoms with Gasteiger partial charge in [0.2, 0.25) is 5.91 Å². The summed E-state index contributed by atoms with van der Waals surface area (Å²) >= 11 is 0. The number of hydrogen-bond donors (Lipinski definition) is 3. The summed E-state index contributed by atoms with van der Waals surface area (Å²) in [6.07, 6.45) is 3.73. The van der Waals surface area contributed by atoms with Gasteiger partial charge >= 0.3 is 0 Å². The quantitative estimate of drug-likeness (QED) is 0.302. The van der Waals surface area contributed by atoms with E-state index in [1.54, 1.807) is 7.05 Å². The van der Waals surface area contributed by atoms with E-state index in [1.807, 2.05) is 6.92 Å². The predicted octanol–water partition coefficient (Wildman–Crippen LogP) is 2.90. The molecule has 6 heteroatoms. The van der Waals surface area contributed by atoms with Gasteiger partial charge in [-0.2, -0.15) is 0 Å². The van der Waals surface area contributed by atoms with Crippen molar-refractivity contribution in [2.75, 3.05) is 13.6 Å². The second-order valence-corrected chi connectivity index (χ2v) is 6.14. The van der Waals surface area contributed by atoms with Gasteiger partial charge in [-0.05, 0) is 39.0 Å². The molecular formula is C16H35IN4O. The molecule has 0 saturated heterocycles. The molecule has 0 saturated carbocycles. The van der Waals surface area contributed by atoms with Crippen molar-refractivity contribution in [1.82, 2.24) is 16.0 Å². The van der Waals surface area contributed by atoms with Gasteiger partial charge in [0, 0.05) is 32.1 Å². The van der Waals surface area contributed by atoms with Crippen LogP contribution in [0.25, 0.3) is 0 Å². The van der Waals surface area contributed by atoms with Crippen molar-refractivity contribution in [2.45, 2.75) is 72.4 Å². The molecule has 0 aromatic carbocycles. The highest BCUT2D eigenvalue weighted by Gasteiger charge is 2.08. The average Bonchev–Trinajstić information content (AvgIpc) is 2.43. The van der Waals surface area contributed by atoms with E-state index in [2.05, 4.69) is 48.6 Å². The van der Waals surface area contributed by atoms with E-state index >= 15 is 0 Å². The molecule has 22 heavy (non-hydrogen) atoms. The number of amides is 1. The molecule has 0 radical (unpaired) electrons. The fourth-order valence-electron chi connectivity index (χ4n) is 1.83. The Morgan fingerprint density at radius 2 is 1.68 bits per heavy atom. The Bertz CT molecular complexity index is 321. The molecule has 2 atom stereocenters. The van der Waals surface area contributed by atoms with Crippen molar-refractivity contribution in [2.24, 2.45) is 10.9 Å². The molecule has 0 heterocycles. The zero-order chi connectivity index (χ0) is 16.3. The summed E-state index contributed by atoms with van der Waals surface area (Å²) in [4.78, 5) is 15.9. The maximum Gasteiger partial charge on any atom is 0.221 e. The summed E-state index contributed by atoms with van der Waals surface area (Å²) in [6, 6.07) is 0.624. The first-order valence-electron chi connectivity index (χ1n) is 8.15. The lowest BCUT2D eigenvalue weighted by Crippen LogP contribution is -2.43. The molecule has 0 aromatic rings. The summed E-state index contributed by atoms with van der Waals surface area (Å²) in [6.45, 7) is 11.3. The molecule has 2 unspecified atom stereocenters. The monoisotopic (exact) mass is 426 g/mol. The van der Waals surface area contributed by atoms with Gasteiger partial charge in [-0.3, -0.25) is 9.79 Å². The first kappa shape index (κ1) is 23.7. The number of carbonyl (C=O) groups excluding carboxylic acids is 1. The number of hydrogen-bond acceptors (Lipinski definition) is 2. The second-order valence-electron chi connectivity index (χ2n) is 6.14. The Morgan fingerprint density at radius 1 is 1.05 bits per heavy atom. The minimum absolute atomic E-state index is 0. The van der Waals surface area contributed by atoms with Gasteiger partial charge in [-0.25, -0.2) is 0 Å². The van der Waals surface area contributed by atoms with Crippen LogP contribution in [0.5, 0.6) is 0 Å². The summed E-state index contributed by atoms with van der Waals surface area (Å²) in [7, 11) is 1.75. The number of halogens is 1. The number of rotatable bonds is 9. The zero-order valence-corrected chi connectivity index (χ0v) is 17.4. The third-order valence-corrected chi connectivity index (χ3v) is 3.45. The summed E-state index contributed by atoms with van der Waals surface area (Å²) in [5, 5.41) is 9.50. The molecule has 0 aromatic heterocycles. The summed E-state index contributed by atoms with van der Waals surface area (Å²) in [5.74, 6) is 1.57. The highest BCUT2D eigenvalue weighted by molar-refractivity contribution is 14.0. The van der Waals surface area contributed by atoms with Crippen LogP contribution in [-0.4, -0.2) is 37.5 Å². The maximum atomic E-state index is 11.7. The van der Waals surface area contributed by atoms with Gasteiger partial charge in [0.1, 0.15) is 0 Å². The smallest absolute Gasteiger partial charge is 0.221 e. The average molecular weight is 426 g/mol. The minimum atomic E-state index is 0. The van der Waals surface area contributed by atoms with Crippen LogP contribution in [0, 0.1) is 5.92 Å². The van der Waals surface area contributed by atoms with Crippen molar-refractivity contribution >= 4 is 35.8 Å². The van der Waals surface area contributed by atoms with E-state index in [9.17, 15) is 4.79 Å². The number of carbonyl (C=O) groups is 1. The number of aliphatic imine (C=N–C) groups is 1. The third kappa shape index (κ3) is 13.2. The molecule has 0 aliphatic heterocycles. The van der Waals surface area contributed by atoms with Crippen LogP contribution >= 0.6 is 24.0 Å². The van der Waals surface area contributed by atoms with Crippen LogP contribution in [0.3, 0.4) is 0 Å². The van der Waals surface area contributed by atoms with Crippen LogP contribution in [0.15, 0.2) is 4.99 Å². The van der Waals surface area contributed by atoms with Gasteiger partial charge in [0.05, 0.1) is 0 Å². The molecular weight excluding hydrogens is 391 g/mol. The lowest BCUT2D eigenvalue weighted by Gasteiger charge is -2.19. The first-order valence-corrected chi connectivity index (χ1v) is 8.15. The van der Waals surface area contributed by atoms with Gasteiger partial charge < -0.3 is 16.0 Å². The Balaban J connectivity index is 0. The van der Waals surface area contributed by atoms with Gasteiger partial charge in [-0.1, -0.05) is 20.8 Å². The van der Waals surface area contributed by atoms with E-state index in [-0.39, 0.29) is 35.9 Å². The molecule has 0 aliphatic carbocycles. The van der Waals surface area contributed by atoms with Gasteiger partial charge in [-0.15, -0.1) is 24.0 Å². The first-order chi connectivity index (χ1) is 9.88. The van der Waals surface area contributed by atoms with Gasteiger partial charge in [0.25, 0.3) is 0 Å². The normalized spacial score (nSPS) is 14.0. The molecule has 3 N–H and O–H groups in total. The van der Waals surface area contributed by atoms with E-state index in [0.29, 0.717) is 24.9 Å². The van der Waals surface area contributed by atoms with Crippen molar-refractivity contribution in [1.29, 1.82) is 0 Å². The van der Waals surface area contributed by atoms with Crippen molar-refractivity contribution in [3.8, 4) is 0 Å². The van der Waals surface area contributed by atoms with Gasteiger partial charge in [0.15, 0.2) is 5.96 Å². The van der Waals surface area contributed by atoms with Crippen molar-refractivity contribution in [3.05, 3.63) is 0 Å². The molecule has 1 amide bonds. The van der Waals surface area contributed by atoms with E-state index < -0.39 is 0 Å². The number of nitrogens with one attached hydrogen (secondary N) is 3. The standard InChI is InChI=1S/C16H34N4O.HI/c1-7-13(4)19-15(21)10-11-18-16(17-6)20-14(5)9-8-12(2)3;/h12-14H,7-11H2,1-6H3,(H,19,21)(H2,17,18,20);1H. The summed E-state index contributed by atoms with van der Waals surface area (Å²) in [5.41, 5.74) is 0. The van der Waals surface area contributed by atoms with Crippen LogP contribution in [0.2, 0.25) is 0 Å². The van der Waals surface area contributed by atoms with Crippen LogP contribution in [-0.2, 0) is 4.79 Å². The largest absolute Gasteiger partial charge is 0.356 e. The number of nitrogens with zero attached hydrogens (tertiary/aromatic N) is 1. The highest BCUT2D eigenvalue weighted by atomic mass is 127. The topological polar surface area (TPSA) is 65.5 Å². The maximum absolute atomic E-state index is 11.7. The minimum Gasteiger partial charge on any atom is -0.356 e. The molecule has 5 nitrogen and oxygen atoms in total. The molecule has 0 aliphatic rings. The fourth-order valence-corrected chi connectivity index (χ4v) is 1.83. The molecule has 0 bridgehead atoms. The second kappa shape index (κ2) is 14.1. The Hall–Kier alpha value is -0.530. The molecule has 0 rings (SSSR count). The van der Waals surface area contributed by atoms with E-state index in [1.165, 1.54) is 6.42 Å². The highest BCUT2D eigenvalue weighted by Crippen LogP contribution is 2.06.